The summed E-state index contributed by atoms with van der Waals surface area (Å²) in [5.41, 5.74) is 14.3. The Balaban J connectivity index is 0.000000155. The van der Waals surface area contributed by atoms with Crippen molar-refractivity contribution in [3.05, 3.63) is 131 Å². The van der Waals surface area contributed by atoms with E-state index >= 15 is 0 Å². The summed E-state index contributed by atoms with van der Waals surface area (Å²) >= 11 is 0. The second kappa shape index (κ2) is 13.3. The number of hydrogen-bond acceptors (Lipinski definition) is 7. The number of para-hydroxylation sites is 2. The Bertz CT molecular complexity index is 2340. The number of ether oxygens (including phenoxy) is 5. The maximum Gasteiger partial charge on any atom is 0.227 e. The quantitative estimate of drug-likeness (QED) is 0.191. The number of fused-ring (bicyclic) bond motifs is 10. The summed E-state index contributed by atoms with van der Waals surface area (Å²) in [6.45, 7) is 13.0. The highest BCUT2D eigenvalue weighted by Crippen LogP contribution is 2.55. The number of methoxy groups -OCH3 is 3. The summed E-state index contributed by atoms with van der Waals surface area (Å²) in [6, 6.07) is 30.9. The van der Waals surface area contributed by atoms with E-state index in [9.17, 15) is 0 Å². The van der Waals surface area contributed by atoms with E-state index in [4.69, 9.17) is 23.7 Å². The molecular weight excluding hydrogens is 673 g/mol. The van der Waals surface area contributed by atoms with Crippen molar-refractivity contribution in [2.45, 2.75) is 65.0 Å². The standard InChI is InChI=1S/C26H25NO2.C21H23NO3/c1-16-15-26(2,3)27-19-14-21(28-4)23-18-12-8-9-13-20(18)29-25(24(23)22(16)19)17-10-6-5-7-11-17;1-12-11-21(2,3)22-14-10-16(23-4)18-13-8-6-7-9-15(13)25-20(24-5)19(18)17(12)14/h5-15,25,27H,1-4H3;6-11,20,22H,1-5H3. The fraction of sp³-hybridized carbons (Fsp3) is 0.277. The molecule has 4 aliphatic heterocycles. The fourth-order valence-corrected chi connectivity index (χ4v) is 8.71. The van der Waals surface area contributed by atoms with Crippen molar-refractivity contribution in [3.8, 4) is 45.3 Å². The molecule has 5 aromatic rings. The van der Waals surface area contributed by atoms with Gasteiger partial charge >= 0.3 is 0 Å². The van der Waals surface area contributed by atoms with E-state index in [1.54, 1.807) is 21.3 Å². The van der Waals surface area contributed by atoms with Crippen LogP contribution in [0.4, 0.5) is 11.4 Å². The van der Waals surface area contributed by atoms with Gasteiger partial charge in [0.15, 0.2) is 6.10 Å². The van der Waals surface area contributed by atoms with Gasteiger partial charge in [0.1, 0.15) is 23.0 Å². The number of benzene rings is 5. The molecule has 9 rings (SSSR count). The van der Waals surface area contributed by atoms with Gasteiger partial charge in [-0.05, 0) is 70.4 Å². The molecule has 2 N–H and O–H groups in total. The molecule has 0 saturated heterocycles. The molecule has 0 radical (unpaired) electrons. The average Bonchev–Trinajstić information content (AvgIpc) is 3.15. The Labute approximate surface area is 318 Å². The number of anilines is 2. The van der Waals surface area contributed by atoms with Gasteiger partial charge < -0.3 is 34.3 Å². The zero-order valence-electron chi connectivity index (χ0n) is 32.5. The summed E-state index contributed by atoms with van der Waals surface area (Å²) in [5.74, 6) is 3.39. The van der Waals surface area contributed by atoms with Crippen molar-refractivity contribution in [2.75, 3.05) is 32.0 Å². The maximum atomic E-state index is 6.60. The molecule has 2 unspecified atom stereocenters. The molecular formula is C47H48N2O5. The first-order valence-corrected chi connectivity index (χ1v) is 18.5. The van der Waals surface area contributed by atoms with Crippen molar-refractivity contribution in [2.24, 2.45) is 0 Å². The van der Waals surface area contributed by atoms with Gasteiger partial charge in [-0.25, -0.2) is 0 Å². The molecule has 0 fully saturated rings. The highest BCUT2D eigenvalue weighted by atomic mass is 16.7. The smallest absolute Gasteiger partial charge is 0.227 e. The minimum Gasteiger partial charge on any atom is -0.496 e. The molecule has 0 aliphatic carbocycles. The summed E-state index contributed by atoms with van der Waals surface area (Å²) in [6.07, 6.45) is 3.87. The van der Waals surface area contributed by atoms with Crippen LogP contribution in [0.3, 0.4) is 0 Å². The lowest BCUT2D eigenvalue weighted by Gasteiger charge is -2.38. The van der Waals surface area contributed by atoms with E-state index in [-0.39, 0.29) is 17.2 Å². The van der Waals surface area contributed by atoms with E-state index < -0.39 is 6.29 Å². The summed E-state index contributed by atoms with van der Waals surface area (Å²) in [4.78, 5) is 0. The second-order valence-electron chi connectivity index (χ2n) is 15.5. The van der Waals surface area contributed by atoms with Crippen LogP contribution in [0, 0.1) is 0 Å². The summed E-state index contributed by atoms with van der Waals surface area (Å²) in [5, 5.41) is 7.27. The molecule has 0 spiro atoms. The van der Waals surface area contributed by atoms with Gasteiger partial charge in [0, 0.05) is 75.1 Å². The number of rotatable bonds is 4. The van der Waals surface area contributed by atoms with Crippen molar-refractivity contribution >= 4 is 22.5 Å². The molecule has 7 nitrogen and oxygen atoms in total. The van der Waals surface area contributed by atoms with Crippen molar-refractivity contribution in [3.63, 3.8) is 0 Å². The third-order valence-corrected chi connectivity index (χ3v) is 10.6. The number of hydrogen-bond donors (Lipinski definition) is 2. The highest BCUT2D eigenvalue weighted by molar-refractivity contribution is 5.94. The first-order valence-electron chi connectivity index (χ1n) is 18.5. The topological polar surface area (TPSA) is 70.2 Å². The predicted octanol–water partition coefficient (Wildman–Crippen LogP) is 11.5. The van der Waals surface area contributed by atoms with E-state index in [0.29, 0.717) is 0 Å². The van der Waals surface area contributed by atoms with Crippen LogP contribution in [-0.2, 0) is 4.74 Å². The third-order valence-electron chi connectivity index (χ3n) is 10.6. The molecule has 4 heterocycles. The first kappa shape index (κ1) is 35.4. The normalized spacial score (nSPS) is 18.9. The van der Waals surface area contributed by atoms with Gasteiger partial charge in [-0.15, -0.1) is 0 Å². The lowest BCUT2D eigenvalue weighted by atomic mass is 9.80. The van der Waals surface area contributed by atoms with E-state index in [2.05, 4.69) is 119 Å². The molecule has 276 valence electrons. The lowest BCUT2D eigenvalue weighted by molar-refractivity contribution is -0.0580. The van der Waals surface area contributed by atoms with Gasteiger partial charge in [0.2, 0.25) is 6.29 Å². The Morgan fingerprint density at radius 2 is 1.02 bits per heavy atom. The Kier molecular flexibility index (Phi) is 8.73. The number of nitrogens with one attached hydrogen (secondary N) is 2. The Morgan fingerprint density at radius 1 is 0.556 bits per heavy atom. The van der Waals surface area contributed by atoms with Crippen LogP contribution in [0.2, 0.25) is 0 Å². The van der Waals surface area contributed by atoms with Crippen LogP contribution in [0.15, 0.2) is 103 Å². The Hall–Kier alpha value is -5.66. The minimum absolute atomic E-state index is 0.119. The predicted molar refractivity (Wildman–Crippen MR) is 219 cm³/mol. The van der Waals surface area contributed by atoms with Crippen LogP contribution in [0.25, 0.3) is 33.4 Å². The van der Waals surface area contributed by atoms with Crippen molar-refractivity contribution in [1.29, 1.82) is 0 Å². The summed E-state index contributed by atoms with van der Waals surface area (Å²) < 4.78 is 30.1. The molecule has 2 atom stereocenters. The third kappa shape index (κ3) is 5.97. The van der Waals surface area contributed by atoms with Crippen LogP contribution in [-0.4, -0.2) is 32.4 Å². The minimum atomic E-state index is -0.472. The largest absolute Gasteiger partial charge is 0.496 e. The monoisotopic (exact) mass is 720 g/mol. The number of allylic oxidation sites excluding steroid dienone is 2. The van der Waals surface area contributed by atoms with Crippen molar-refractivity contribution < 1.29 is 23.7 Å². The first-order chi connectivity index (χ1) is 25.9. The van der Waals surface area contributed by atoms with Crippen LogP contribution >= 0.6 is 0 Å². The molecule has 0 bridgehead atoms. The molecule has 7 heteroatoms. The SMILES string of the molecule is COc1cc2c(c3c1-c1ccccc1OC3OC)C(C)=CC(C)(C)N2.COc1cc2c(c3c1-c1ccccc1OC3c1ccccc1)C(C)=CC(C)(C)N2. The molecule has 5 aromatic carbocycles. The van der Waals surface area contributed by atoms with Gasteiger partial charge in [-0.1, -0.05) is 78.9 Å². The van der Waals surface area contributed by atoms with E-state index in [1.165, 1.54) is 22.3 Å². The van der Waals surface area contributed by atoms with Gasteiger partial charge in [0.25, 0.3) is 0 Å². The Morgan fingerprint density at radius 3 is 1.54 bits per heavy atom. The van der Waals surface area contributed by atoms with E-state index in [0.717, 1.165) is 73.3 Å². The zero-order valence-corrected chi connectivity index (χ0v) is 32.5. The fourth-order valence-electron chi connectivity index (χ4n) is 8.71. The average molecular weight is 721 g/mol. The van der Waals surface area contributed by atoms with Crippen molar-refractivity contribution in [1.82, 2.24) is 0 Å². The highest BCUT2D eigenvalue weighted by Gasteiger charge is 2.38. The maximum absolute atomic E-state index is 6.60. The van der Waals surface area contributed by atoms with Crippen LogP contribution < -0.4 is 29.6 Å². The van der Waals surface area contributed by atoms with E-state index in [1.807, 2.05) is 36.4 Å². The molecule has 4 aliphatic rings. The van der Waals surface area contributed by atoms with Gasteiger partial charge in [0.05, 0.1) is 25.3 Å². The molecule has 0 saturated carbocycles. The van der Waals surface area contributed by atoms with Gasteiger partial charge in [-0.3, -0.25) is 0 Å². The summed E-state index contributed by atoms with van der Waals surface area (Å²) in [7, 11) is 5.13. The zero-order chi connectivity index (χ0) is 37.9. The van der Waals surface area contributed by atoms with Crippen LogP contribution in [0.5, 0.6) is 23.0 Å². The molecule has 0 aromatic heterocycles. The second-order valence-corrected chi connectivity index (χ2v) is 15.5. The molecule has 0 amide bonds. The molecule has 54 heavy (non-hydrogen) atoms. The van der Waals surface area contributed by atoms with Crippen LogP contribution in [0.1, 0.15) is 81.8 Å². The van der Waals surface area contributed by atoms with Gasteiger partial charge in [-0.2, -0.15) is 0 Å². The lowest BCUT2D eigenvalue weighted by Crippen LogP contribution is -2.32.